The molecule has 3 aromatic heterocycles. The molecule has 8 aromatic carbocycles. The maximum absolute atomic E-state index is 6.35. The highest BCUT2D eigenvalue weighted by atomic mass is 16.3. The largest absolute Gasteiger partial charge is 0.456 e. The van der Waals surface area contributed by atoms with E-state index in [0.29, 0.717) is 0 Å². The zero-order chi connectivity index (χ0) is 31.8. The van der Waals surface area contributed by atoms with Crippen molar-refractivity contribution in [1.82, 2.24) is 9.13 Å². The first-order chi connectivity index (χ1) is 24.3. The number of benzene rings is 8. The molecule has 3 nitrogen and oxygen atoms in total. The molecule has 0 spiro atoms. The van der Waals surface area contributed by atoms with Crippen LogP contribution in [0.5, 0.6) is 0 Å². The van der Waals surface area contributed by atoms with Crippen LogP contribution >= 0.6 is 0 Å². The van der Waals surface area contributed by atoms with Crippen LogP contribution in [0.1, 0.15) is 0 Å². The highest BCUT2D eigenvalue weighted by Crippen LogP contribution is 2.52. The highest BCUT2D eigenvalue weighted by Gasteiger charge is 2.26. The third-order valence-corrected chi connectivity index (χ3v) is 10.8. The van der Waals surface area contributed by atoms with Gasteiger partial charge in [-0.15, -0.1) is 0 Å². The Labute approximate surface area is 280 Å². The Hall–Kier alpha value is -6.58. The van der Waals surface area contributed by atoms with Crippen LogP contribution in [0.25, 0.3) is 110 Å². The Balaban J connectivity index is 1.08. The van der Waals surface area contributed by atoms with Gasteiger partial charge in [0, 0.05) is 55.3 Å². The first-order valence-corrected chi connectivity index (χ1v) is 16.9. The first kappa shape index (κ1) is 25.5. The molecule has 0 saturated carbocycles. The summed E-state index contributed by atoms with van der Waals surface area (Å²) in [4.78, 5) is 0. The highest BCUT2D eigenvalue weighted by molar-refractivity contribution is 6.26. The quantitative estimate of drug-likeness (QED) is 0.188. The normalized spacial score (nSPS) is 12.5. The Morgan fingerprint density at radius 3 is 1.80 bits per heavy atom. The molecule has 12 rings (SSSR count). The lowest BCUT2D eigenvalue weighted by Gasteiger charge is -2.12. The lowest BCUT2D eigenvalue weighted by atomic mass is 9.98. The average molecular weight is 623 g/mol. The standard InChI is InChI=1S/C46H26N2O/c1-4-16-38-30(11-1)36-25-37-31-12-3-6-18-42(31)49-43(37)26-41(36)48(38)29-21-19-28(20-22-29)47-39-17-5-2-13-34(39)46-40(47)24-23-33-32-14-7-9-27-10-8-15-35(44(27)32)45(33)46/h1-26H. The van der Waals surface area contributed by atoms with E-state index in [9.17, 15) is 0 Å². The fraction of sp³-hybridized carbons (Fsp3) is 0. The van der Waals surface area contributed by atoms with Crippen molar-refractivity contribution >= 4 is 76.3 Å². The molecule has 226 valence electrons. The fourth-order valence-electron chi connectivity index (χ4n) is 8.83. The summed E-state index contributed by atoms with van der Waals surface area (Å²) >= 11 is 0. The molecule has 0 saturated heterocycles. The van der Waals surface area contributed by atoms with Crippen LogP contribution in [0.15, 0.2) is 162 Å². The number of nitrogens with zero attached hydrogens (tertiary/aromatic N) is 2. The predicted octanol–water partition coefficient (Wildman–Crippen LogP) is 12.6. The number of rotatable bonds is 2. The minimum Gasteiger partial charge on any atom is -0.456 e. The molecule has 0 amide bonds. The monoisotopic (exact) mass is 622 g/mol. The minimum atomic E-state index is 0.907. The second-order valence-electron chi connectivity index (χ2n) is 13.3. The fourth-order valence-corrected chi connectivity index (χ4v) is 8.83. The third kappa shape index (κ3) is 3.22. The Bertz CT molecular complexity index is 3200. The van der Waals surface area contributed by atoms with Crippen molar-refractivity contribution in [2.24, 2.45) is 0 Å². The van der Waals surface area contributed by atoms with Gasteiger partial charge in [-0.25, -0.2) is 0 Å². The maximum atomic E-state index is 6.35. The van der Waals surface area contributed by atoms with E-state index in [4.69, 9.17) is 4.42 Å². The number of hydrogen-bond donors (Lipinski definition) is 0. The number of fused-ring (bicyclic) bond motifs is 13. The molecular formula is C46H26N2O. The molecule has 49 heavy (non-hydrogen) atoms. The van der Waals surface area contributed by atoms with Gasteiger partial charge in [-0.3, -0.25) is 0 Å². The SMILES string of the molecule is c1cc2c3c(cccc3c1)-c1c-2ccc2c1c1ccccc1n2-c1ccc(-n2c3ccccc3c3cc4c(cc32)oc2ccccc24)cc1. The third-order valence-electron chi connectivity index (χ3n) is 10.8. The topological polar surface area (TPSA) is 23.0 Å². The average Bonchev–Trinajstić information content (AvgIpc) is 3.88. The molecule has 11 aromatic rings. The van der Waals surface area contributed by atoms with Gasteiger partial charge in [0.15, 0.2) is 0 Å². The van der Waals surface area contributed by atoms with Crippen LogP contribution in [0, 0.1) is 0 Å². The Kier molecular flexibility index (Phi) is 4.72. The van der Waals surface area contributed by atoms with Crippen molar-refractivity contribution in [3.8, 4) is 33.6 Å². The van der Waals surface area contributed by atoms with Crippen molar-refractivity contribution in [1.29, 1.82) is 0 Å². The van der Waals surface area contributed by atoms with Gasteiger partial charge in [-0.05, 0) is 82.1 Å². The van der Waals surface area contributed by atoms with Crippen molar-refractivity contribution < 1.29 is 4.42 Å². The van der Waals surface area contributed by atoms with E-state index in [1.165, 1.54) is 71.1 Å². The van der Waals surface area contributed by atoms with Gasteiger partial charge < -0.3 is 13.6 Å². The van der Waals surface area contributed by atoms with E-state index < -0.39 is 0 Å². The van der Waals surface area contributed by atoms with E-state index in [2.05, 4.69) is 155 Å². The molecule has 0 atom stereocenters. The first-order valence-electron chi connectivity index (χ1n) is 16.9. The molecule has 0 fully saturated rings. The van der Waals surface area contributed by atoms with Crippen molar-refractivity contribution in [3.63, 3.8) is 0 Å². The van der Waals surface area contributed by atoms with Crippen LogP contribution in [-0.4, -0.2) is 9.13 Å². The zero-order valence-corrected chi connectivity index (χ0v) is 26.3. The molecule has 3 heterocycles. The smallest absolute Gasteiger partial charge is 0.137 e. The van der Waals surface area contributed by atoms with Crippen molar-refractivity contribution in [2.45, 2.75) is 0 Å². The van der Waals surface area contributed by atoms with Crippen LogP contribution < -0.4 is 0 Å². The molecular weight excluding hydrogens is 597 g/mol. The van der Waals surface area contributed by atoms with Crippen LogP contribution in [0.2, 0.25) is 0 Å². The molecule has 0 radical (unpaired) electrons. The molecule has 0 aliphatic heterocycles. The van der Waals surface area contributed by atoms with Gasteiger partial charge in [0.2, 0.25) is 0 Å². The van der Waals surface area contributed by atoms with Crippen LogP contribution in [0.4, 0.5) is 0 Å². The Morgan fingerprint density at radius 2 is 1.00 bits per heavy atom. The van der Waals surface area contributed by atoms with Gasteiger partial charge in [0.25, 0.3) is 0 Å². The number of aromatic nitrogens is 2. The second-order valence-corrected chi connectivity index (χ2v) is 13.3. The van der Waals surface area contributed by atoms with E-state index in [0.717, 1.165) is 38.8 Å². The van der Waals surface area contributed by atoms with Gasteiger partial charge in [-0.2, -0.15) is 0 Å². The summed E-state index contributed by atoms with van der Waals surface area (Å²) in [7, 11) is 0. The van der Waals surface area contributed by atoms with E-state index in [1.807, 2.05) is 12.1 Å². The van der Waals surface area contributed by atoms with Gasteiger partial charge in [0.05, 0.1) is 22.1 Å². The lowest BCUT2D eigenvalue weighted by Crippen LogP contribution is -1.97. The number of furan rings is 1. The van der Waals surface area contributed by atoms with E-state index in [1.54, 1.807) is 0 Å². The van der Waals surface area contributed by atoms with Gasteiger partial charge in [-0.1, -0.05) is 97.1 Å². The van der Waals surface area contributed by atoms with E-state index >= 15 is 0 Å². The second kappa shape index (κ2) is 9.06. The molecule has 0 unspecified atom stereocenters. The van der Waals surface area contributed by atoms with Gasteiger partial charge in [0.1, 0.15) is 11.2 Å². The predicted molar refractivity (Wildman–Crippen MR) is 204 cm³/mol. The molecule has 0 N–H and O–H groups in total. The number of hydrogen-bond acceptors (Lipinski definition) is 1. The summed E-state index contributed by atoms with van der Waals surface area (Å²) in [6, 6.07) is 57.5. The molecule has 1 aliphatic rings. The van der Waals surface area contributed by atoms with Crippen molar-refractivity contribution in [3.05, 3.63) is 158 Å². The summed E-state index contributed by atoms with van der Waals surface area (Å²) in [5.41, 5.74) is 14.2. The summed E-state index contributed by atoms with van der Waals surface area (Å²) in [6.07, 6.45) is 0. The van der Waals surface area contributed by atoms with Crippen LogP contribution in [-0.2, 0) is 0 Å². The van der Waals surface area contributed by atoms with Crippen molar-refractivity contribution in [2.75, 3.05) is 0 Å². The zero-order valence-electron chi connectivity index (χ0n) is 26.3. The molecule has 1 aliphatic carbocycles. The van der Waals surface area contributed by atoms with Crippen LogP contribution in [0.3, 0.4) is 0 Å². The molecule has 3 heteroatoms. The summed E-state index contributed by atoms with van der Waals surface area (Å²) in [5.74, 6) is 0. The number of para-hydroxylation sites is 3. The minimum absolute atomic E-state index is 0.907. The summed E-state index contributed by atoms with van der Waals surface area (Å²) in [6.45, 7) is 0. The summed E-state index contributed by atoms with van der Waals surface area (Å²) in [5, 5.41) is 10.0. The summed E-state index contributed by atoms with van der Waals surface area (Å²) < 4.78 is 11.2. The van der Waals surface area contributed by atoms with E-state index in [-0.39, 0.29) is 0 Å². The molecule has 0 bridgehead atoms. The maximum Gasteiger partial charge on any atom is 0.137 e. The lowest BCUT2D eigenvalue weighted by molar-refractivity contribution is 0.669. The van der Waals surface area contributed by atoms with Gasteiger partial charge >= 0.3 is 0 Å². The Morgan fingerprint density at radius 1 is 0.347 bits per heavy atom.